The lowest BCUT2D eigenvalue weighted by atomic mass is 10.1. The summed E-state index contributed by atoms with van der Waals surface area (Å²) in [7, 11) is 0. The molecule has 0 saturated carbocycles. The Morgan fingerprint density at radius 1 is 1.45 bits per heavy atom. The molecule has 3 rings (SSSR count). The number of H-pyrrole nitrogens is 1. The van der Waals surface area contributed by atoms with Gasteiger partial charge in [-0.2, -0.15) is 4.98 Å². The minimum atomic E-state index is -0.154. The predicted octanol–water partition coefficient (Wildman–Crippen LogP) is 0.670. The number of nitrogen functional groups attached to an aromatic ring is 1. The van der Waals surface area contributed by atoms with Crippen LogP contribution in [0, 0.1) is 0 Å². The van der Waals surface area contributed by atoms with Crippen LogP contribution in [-0.2, 0) is 11.3 Å². The van der Waals surface area contributed by atoms with E-state index in [1.54, 1.807) is 4.90 Å². The van der Waals surface area contributed by atoms with E-state index in [1.165, 1.54) is 0 Å². The van der Waals surface area contributed by atoms with Gasteiger partial charge in [-0.05, 0) is 5.56 Å². The number of aromatic amines is 1. The van der Waals surface area contributed by atoms with Crippen molar-refractivity contribution in [3.05, 3.63) is 41.7 Å². The highest BCUT2D eigenvalue weighted by molar-refractivity contribution is 5.74. The largest absolute Gasteiger partial charge is 0.370 e. The maximum absolute atomic E-state index is 12.2. The van der Waals surface area contributed by atoms with Gasteiger partial charge in [0.15, 0.2) is 0 Å². The summed E-state index contributed by atoms with van der Waals surface area (Å²) in [6.45, 7) is 1.86. The molecule has 22 heavy (non-hydrogen) atoms. The number of nitrogens with zero attached hydrogens (tertiary/aromatic N) is 3. The molecule has 0 unspecified atom stereocenters. The summed E-state index contributed by atoms with van der Waals surface area (Å²) in [5.41, 5.74) is 6.49. The number of ether oxygens (including phenoxy) is 1. The third-order valence-corrected chi connectivity index (χ3v) is 3.48. The molecule has 2 amide bonds. The quantitative estimate of drug-likeness (QED) is 0.772. The molecular formula is C14H18N6O2. The predicted molar refractivity (Wildman–Crippen MR) is 79.7 cm³/mol. The summed E-state index contributed by atoms with van der Waals surface area (Å²) >= 11 is 0. The van der Waals surface area contributed by atoms with Crippen LogP contribution >= 0.6 is 0 Å². The molecular weight excluding hydrogens is 284 g/mol. The Balaban J connectivity index is 1.56. The first kappa shape index (κ1) is 14.3. The summed E-state index contributed by atoms with van der Waals surface area (Å²) in [6, 6.07) is 9.74. The lowest BCUT2D eigenvalue weighted by molar-refractivity contribution is -0.0155. The van der Waals surface area contributed by atoms with Crippen molar-refractivity contribution in [1.82, 2.24) is 25.4 Å². The van der Waals surface area contributed by atoms with Gasteiger partial charge in [0.05, 0.1) is 19.7 Å². The molecule has 0 bridgehead atoms. The number of anilines is 1. The topological polar surface area (TPSA) is 109 Å². The minimum absolute atomic E-state index is 0.0957. The SMILES string of the molecule is Nc1n[nH]c(CNC(=O)N2CCO[C@@H](c3ccccc3)C2)n1. The number of nitrogens with one attached hydrogen (secondary N) is 2. The van der Waals surface area contributed by atoms with Gasteiger partial charge in [0.2, 0.25) is 5.95 Å². The molecule has 0 spiro atoms. The summed E-state index contributed by atoms with van der Waals surface area (Å²) in [5.74, 6) is 0.693. The van der Waals surface area contributed by atoms with Gasteiger partial charge in [-0.1, -0.05) is 30.3 Å². The van der Waals surface area contributed by atoms with Crippen molar-refractivity contribution in [3.8, 4) is 0 Å². The van der Waals surface area contributed by atoms with Gasteiger partial charge in [-0.25, -0.2) is 4.79 Å². The van der Waals surface area contributed by atoms with E-state index in [1.807, 2.05) is 30.3 Å². The van der Waals surface area contributed by atoms with Crippen LogP contribution in [0.5, 0.6) is 0 Å². The molecule has 8 nitrogen and oxygen atoms in total. The second kappa shape index (κ2) is 6.44. The molecule has 1 fully saturated rings. The summed E-state index contributed by atoms with van der Waals surface area (Å²) in [4.78, 5) is 17.9. The van der Waals surface area contributed by atoms with Crippen molar-refractivity contribution in [1.29, 1.82) is 0 Å². The fourth-order valence-corrected chi connectivity index (χ4v) is 2.36. The summed E-state index contributed by atoms with van der Waals surface area (Å²) < 4.78 is 5.74. The molecule has 1 atom stereocenters. The number of carbonyl (C=O) groups excluding carboxylic acids is 1. The molecule has 0 radical (unpaired) electrons. The third kappa shape index (κ3) is 3.34. The molecule has 8 heteroatoms. The minimum Gasteiger partial charge on any atom is -0.370 e. The number of hydrogen-bond acceptors (Lipinski definition) is 5. The van der Waals surface area contributed by atoms with Crippen molar-refractivity contribution in [2.45, 2.75) is 12.6 Å². The lowest BCUT2D eigenvalue weighted by Crippen LogP contribution is -2.47. The first-order valence-corrected chi connectivity index (χ1v) is 7.08. The van der Waals surface area contributed by atoms with E-state index in [0.29, 0.717) is 25.5 Å². The number of aromatic nitrogens is 3. The van der Waals surface area contributed by atoms with Gasteiger partial charge in [-0.3, -0.25) is 5.10 Å². The van der Waals surface area contributed by atoms with E-state index in [-0.39, 0.29) is 24.6 Å². The molecule has 2 heterocycles. The van der Waals surface area contributed by atoms with Gasteiger partial charge >= 0.3 is 6.03 Å². The average molecular weight is 302 g/mol. The molecule has 1 saturated heterocycles. The van der Waals surface area contributed by atoms with Gasteiger partial charge in [0.25, 0.3) is 0 Å². The Labute approximate surface area is 127 Å². The van der Waals surface area contributed by atoms with Crippen LogP contribution in [0.1, 0.15) is 17.5 Å². The van der Waals surface area contributed by atoms with Crippen molar-refractivity contribution >= 4 is 12.0 Å². The highest BCUT2D eigenvalue weighted by Gasteiger charge is 2.25. The molecule has 4 N–H and O–H groups in total. The van der Waals surface area contributed by atoms with E-state index in [0.717, 1.165) is 5.56 Å². The number of amides is 2. The zero-order valence-corrected chi connectivity index (χ0v) is 12.0. The van der Waals surface area contributed by atoms with Gasteiger partial charge < -0.3 is 20.7 Å². The second-order valence-electron chi connectivity index (χ2n) is 5.02. The smallest absolute Gasteiger partial charge is 0.317 e. The van der Waals surface area contributed by atoms with Gasteiger partial charge in [-0.15, -0.1) is 5.10 Å². The second-order valence-corrected chi connectivity index (χ2v) is 5.02. The van der Waals surface area contributed by atoms with Crippen LogP contribution in [0.4, 0.5) is 10.7 Å². The van der Waals surface area contributed by atoms with E-state index >= 15 is 0 Å². The Morgan fingerprint density at radius 3 is 3.00 bits per heavy atom. The van der Waals surface area contributed by atoms with Crippen LogP contribution in [0.3, 0.4) is 0 Å². The van der Waals surface area contributed by atoms with Crippen molar-refractivity contribution in [3.63, 3.8) is 0 Å². The number of urea groups is 1. The summed E-state index contributed by atoms with van der Waals surface area (Å²) in [6.07, 6.45) is -0.0957. The molecule has 2 aromatic rings. The van der Waals surface area contributed by atoms with E-state index in [2.05, 4.69) is 20.5 Å². The number of benzene rings is 1. The van der Waals surface area contributed by atoms with Crippen LogP contribution in [0.15, 0.2) is 30.3 Å². The van der Waals surface area contributed by atoms with Gasteiger partial charge in [0.1, 0.15) is 11.9 Å². The van der Waals surface area contributed by atoms with Crippen LogP contribution in [0.2, 0.25) is 0 Å². The van der Waals surface area contributed by atoms with E-state index < -0.39 is 0 Å². The zero-order chi connectivity index (χ0) is 15.4. The summed E-state index contributed by atoms with van der Waals surface area (Å²) in [5, 5.41) is 9.17. The molecule has 1 aromatic carbocycles. The Morgan fingerprint density at radius 2 is 2.27 bits per heavy atom. The standard InChI is InChI=1S/C14H18N6O2/c15-13-17-12(18-19-13)8-16-14(21)20-6-7-22-11(9-20)10-4-2-1-3-5-10/h1-5,11H,6-9H2,(H,16,21)(H3,15,17,18,19)/t11-/m1/s1. The number of carbonyl (C=O) groups is 1. The monoisotopic (exact) mass is 302 g/mol. The van der Waals surface area contributed by atoms with Crippen LogP contribution in [-0.4, -0.2) is 45.8 Å². The highest BCUT2D eigenvalue weighted by Crippen LogP contribution is 2.21. The number of morpholine rings is 1. The third-order valence-electron chi connectivity index (χ3n) is 3.48. The van der Waals surface area contributed by atoms with Gasteiger partial charge in [0, 0.05) is 6.54 Å². The Hall–Kier alpha value is -2.61. The molecule has 116 valence electrons. The molecule has 1 aromatic heterocycles. The Bertz CT molecular complexity index is 629. The first-order chi connectivity index (χ1) is 10.7. The number of nitrogens with two attached hydrogens (primary N) is 1. The lowest BCUT2D eigenvalue weighted by Gasteiger charge is -2.33. The molecule has 0 aliphatic carbocycles. The maximum Gasteiger partial charge on any atom is 0.317 e. The van der Waals surface area contributed by atoms with Crippen LogP contribution in [0.25, 0.3) is 0 Å². The maximum atomic E-state index is 12.2. The normalized spacial score (nSPS) is 18.2. The number of hydrogen-bond donors (Lipinski definition) is 3. The molecule has 1 aliphatic heterocycles. The van der Waals surface area contributed by atoms with Crippen molar-refractivity contribution < 1.29 is 9.53 Å². The van der Waals surface area contributed by atoms with E-state index in [9.17, 15) is 4.79 Å². The van der Waals surface area contributed by atoms with Crippen LogP contribution < -0.4 is 11.1 Å². The highest BCUT2D eigenvalue weighted by atomic mass is 16.5. The van der Waals surface area contributed by atoms with Crippen molar-refractivity contribution in [2.24, 2.45) is 0 Å². The Kier molecular flexibility index (Phi) is 4.19. The first-order valence-electron chi connectivity index (χ1n) is 7.08. The number of rotatable bonds is 3. The van der Waals surface area contributed by atoms with Crippen molar-refractivity contribution in [2.75, 3.05) is 25.4 Å². The fourth-order valence-electron chi connectivity index (χ4n) is 2.36. The van der Waals surface area contributed by atoms with E-state index in [4.69, 9.17) is 10.5 Å². The zero-order valence-electron chi connectivity index (χ0n) is 12.0. The average Bonchev–Trinajstić information content (AvgIpc) is 2.99. The fraction of sp³-hybridized carbons (Fsp3) is 0.357. The molecule has 1 aliphatic rings.